The lowest BCUT2D eigenvalue weighted by atomic mass is 9.99. The number of aromatic hydroxyl groups is 1. The number of carboxylic acid groups (broad SMARTS) is 1. The van der Waals surface area contributed by atoms with Crippen LogP contribution < -0.4 is 11.1 Å². The summed E-state index contributed by atoms with van der Waals surface area (Å²) in [6, 6.07) is 13.8. The van der Waals surface area contributed by atoms with E-state index in [0.29, 0.717) is 34.8 Å². The highest BCUT2D eigenvalue weighted by Crippen LogP contribution is 2.36. The first kappa shape index (κ1) is 23.9. The summed E-state index contributed by atoms with van der Waals surface area (Å²) >= 11 is 0. The average molecular weight is 499 g/mol. The Kier molecular flexibility index (Phi) is 6.51. The highest BCUT2D eigenvalue weighted by atomic mass is 16.5. The van der Waals surface area contributed by atoms with E-state index in [1.807, 2.05) is 41.1 Å². The maximum Gasteiger partial charge on any atom is 0.305 e. The lowest BCUT2D eigenvalue weighted by Gasteiger charge is -2.15. The zero-order chi connectivity index (χ0) is 25.9. The van der Waals surface area contributed by atoms with Gasteiger partial charge in [-0.05, 0) is 48.0 Å². The number of benzene rings is 2. The molecule has 3 aromatic rings. The fraction of sp³-hybridized carbons (Fsp3) is 0.179. The molecule has 5 rings (SSSR count). The summed E-state index contributed by atoms with van der Waals surface area (Å²) in [5.74, 6) is -0.383. The van der Waals surface area contributed by atoms with Crippen LogP contribution >= 0.6 is 0 Å². The van der Waals surface area contributed by atoms with E-state index >= 15 is 0 Å². The number of carboxylic acids is 1. The molecule has 0 spiro atoms. The Morgan fingerprint density at radius 3 is 2.59 bits per heavy atom. The second-order valence-corrected chi connectivity index (χ2v) is 8.94. The Bertz CT molecular complexity index is 1410. The molecule has 9 heteroatoms. The fourth-order valence-electron chi connectivity index (χ4n) is 4.36. The topological polar surface area (TPSA) is 140 Å². The van der Waals surface area contributed by atoms with E-state index in [0.717, 1.165) is 11.3 Å². The molecule has 2 atom stereocenters. The molecule has 0 saturated carbocycles. The number of fused-ring (bicyclic) bond motifs is 1. The molecular formula is C28H26N4O5. The molecule has 2 aromatic carbocycles. The van der Waals surface area contributed by atoms with Crippen molar-refractivity contribution >= 4 is 23.3 Å². The number of hydrogen-bond acceptors (Lipinski definition) is 6. The molecule has 0 fully saturated rings. The fourth-order valence-corrected chi connectivity index (χ4v) is 4.36. The quantitative estimate of drug-likeness (QED) is 0.348. The van der Waals surface area contributed by atoms with E-state index in [9.17, 15) is 14.7 Å². The van der Waals surface area contributed by atoms with E-state index in [-0.39, 0.29) is 36.6 Å². The predicted molar refractivity (Wildman–Crippen MR) is 138 cm³/mol. The molecule has 2 unspecified atom stereocenters. The minimum absolute atomic E-state index is 0.0564. The van der Waals surface area contributed by atoms with Gasteiger partial charge in [-0.25, -0.2) is 0 Å². The van der Waals surface area contributed by atoms with Gasteiger partial charge in [0.05, 0.1) is 18.7 Å². The number of rotatable bonds is 8. The number of carbonyl (C=O) groups is 2. The van der Waals surface area contributed by atoms with Gasteiger partial charge in [0.2, 0.25) is 0 Å². The molecule has 0 bridgehead atoms. The van der Waals surface area contributed by atoms with Crippen LogP contribution in [0.25, 0.3) is 17.0 Å². The SMILES string of the molecule is Nc1cc(O)cc(-c2cc(C3=CC4C=CC=CC4O3)n(Cc3ccc(C(=O)NCCC(=O)O)cc3)n2)c1. The number of hydrogen-bond donors (Lipinski definition) is 4. The Morgan fingerprint density at radius 1 is 1.08 bits per heavy atom. The summed E-state index contributed by atoms with van der Waals surface area (Å²) in [5.41, 5.74) is 9.82. The summed E-state index contributed by atoms with van der Waals surface area (Å²) in [6.45, 7) is 0.475. The van der Waals surface area contributed by atoms with Gasteiger partial charge >= 0.3 is 5.97 Å². The van der Waals surface area contributed by atoms with Gasteiger partial charge in [-0.3, -0.25) is 14.3 Å². The molecular weight excluding hydrogens is 472 g/mol. The number of aliphatic carboxylic acids is 1. The van der Waals surface area contributed by atoms with Crippen LogP contribution in [0.3, 0.4) is 0 Å². The highest BCUT2D eigenvalue weighted by Gasteiger charge is 2.29. The van der Waals surface area contributed by atoms with Gasteiger partial charge in [-0.2, -0.15) is 5.10 Å². The molecule has 0 radical (unpaired) electrons. The van der Waals surface area contributed by atoms with E-state index < -0.39 is 5.97 Å². The normalized spacial score (nSPS) is 17.7. The lowest BCUT2D eigenvalue weighted by molar-refractivity contribution is -0.136. The maximum atomic E-state index is 12.3. The average Bonchev–Trinajstić information content (AvgIpc) is 3.48. The standard InChI is InChI=1S/C28H26N4O5/c29-21-11-20(12-22(33)14-21)23-15-24(26-13-19-3-1-2-4-25(19)37-26)32(31-23)16-17-5-7-18(8-6-17)28(36)30-10-9-27(34)35/h1-8,11-15,19,25,33H,9-10,16,29H2,(H,30,36)(H,34,35). The molecule has 0 saturated heterocycles. The van der Waals surface area contributed by atoms with Gasteiger partial charge in [0.25, 0.3) is 5.91 Å². The summed E-state index contributed by atoms with van der Waals surface area (Å²) in [4.78, 5) is 22.9. The first-order valence-electron chi connectivity index (χ1n) is 11.9. The monoisotopic (exact) mass is 498 g/mol. The molecule has 5 N–H and O–H groups in total. The van der Waals surface area contributed by atoms with Gasteiger partial charge in [0.1, 0.15) is 23.3 Å². The number of aromatic nitrogens is 2. The van der Waals surface area contributed by atoms with Crippen LogP contribution in [0.1, 0.15) is 28.0 Å². The van der Waals surface area contributed by atoms with Crippen molar-refractivity contribution in [2.75, 3.05) is 12.3 Å². The third kappa shape index (κ3) is 5.40. The Balaban J connectivity index is 1.42. The zero-order valence-corrected chi connectivity index (χ0v) is 19.9. The van der Waals surface area contributed by atoms with Gasteiger partial charge in [0, 0.05) is 35.3 Å². The third-order valence-electron chi connectivity index (χ3n) is 6.17. The van der Waals surface area contributed by atoms with Crippen molar-refractivity contribution < 1.29 is 24.5 Å². The first-order valence-corrected chi connectivity index (χ1v) is 11.9. The number of phenolic OH excluding ortho intramolecular Hbond substituents is 1. The summed E-state index contributed by atoms with van der Waals surface area (Å²) in [7, 11) is 0. The predicted octanol–water partition coefficient (Wildman–Crippen LogP) is 3.57. The van der Waals surface area contributed by atoms with Crippen molar-refractivity contribution in [2.24, 2.45) is 5.92 Å². The largest absolute Gasteiger partial charge is 0.508 e. The second kappa shape index (κ2) is 10.1. The van der Waals surface area contributed by atoms with E-state index in [4.69, 9.17) is 20.7 Å². The minimum Gasteiger partial charge on any atom is -0.508 e. The molecule has 1 aromatic heterocycles. The minimum atomic E-state index is -0.967. The van der Waals surface area contributed by atoms with Crippen LogP contribution in [-0.2, 0) is 16.1 Å². The van der Waals surface area contributed by atoms with Crippen LogP contribution in [0.4, 0.5) is 5.69 Å². The Hall–Kier alpha value is -4.79. The van der Waals surface area contributed by atoms with Crippen LogP contribution in [0.5, 0.6) is 5.75 Å². The Labute approximate surface area is 213 Å². The van der Waals surface area contributed by atoms with Crippen molar-refractivity contribution in [2.45, 2.75) is 19.1 Å². The number of nitrogens with zero attached hydrogens (tertiary/aromatic N) is 2. The third-order valence-corrected chi connectivity index (χ3v) is 6.17. The molecule has 9 nitrogen and oxygen atoms in total. The van der Waals surface area contributed by atoms with Crippen LogP contribution in [0.15, 0.2) is 78.9 Å². The van der Waals surface area contributed by atoms with Crippen molar-refractivity contribution in [1.29, 1.82) is 0 Å². The second-order valence-electron chi connectivity index (χ2n) is 8.94. The number of carbonyl (C=O) groups excluding carboxylic acids is 1. The summed E-state index contributed by atoms with van der Waals surface area (Å²) < 4.78 is 8.05. The number of nitrogens with one attached hydrogen (secondary N) is 1. The van der Waals surface area contributed by atoms with Crippen molar-refractivity contribution in [3.05, 3.63) is 95.7 Å². The molecule has 1 aliphatic carbocycles. The number of amides is 1. The van der Waals surface area contributed by atoms with Crippen molar-refractivity contribution in [1.82, 2.24) is 15.1 Å². The molecule has 2 heterocycles. The van der Waals surface area contributed by atoms with Crippen molar-refractivity contribution in [3.8, 4) is 17.0 Å². The van der Waals surface area contributed by atoms with Gasteiger partial charge < -0.3 is 26.0 Å². The van der Waals surface area contributed by atoms with Crippen LogP contribution in [0.2, 0.25) is 0 Å². The number of nitrogens with two attached hydrogens (primary N) is 1. The first-order chi connectivity index (χ1) is 17.9. The zero-order valence-electron chi connectivity index (χ0n) is 19.9. The van der Waals surface area contributed by atoms with Gasteiger partial charge in [-0.15, -0.1) is 0 Å². The van der Waals surface area contributed by atoms with Crippen LogP contribution in [0, 0.1) is 5.92 Å². The number of allylic oxidation sites excluding steroid dienone is 2. The Morgan fingerprint density at radius 2 is 1.86 bits per heavy atom. The van der Waals surface area contributed by atoms with E-state index in [1.165, 1.54) is 6.07 Å². The summed E-state index contributed by atoms with van der Waals surface area (Å²) in [6.07, 6.45) is 9.95. The number of nitrogen functional groups attached to an aromatic ring is 1. The number of ether oxygens (including phenoxy) is 1. The maximum absolute atomic E-state index is 12.3. The molecule has 2 aliphatic rings. The molecule has 188 valence electrons. The number of phenols is 1. The van der Waals surface area contributed by atoms with Crippen molar-refractivity contribution in [3.63, 3.8) is 0 Å². The van der Waals surface area contributed by atoms with Gasteiger partial charge in [0.15, 0.2) is 0 Å². The molecule has 37 heavy (non-hydrogen) atoms. The molecule has 1 amide bonds. The summed E-state index contributed by atoms with van der Waals surface area (Å²) in [5, 5.41) is 26.2. The van der Waals surface area contributed by atoms with Gasteiger partial charge in [-0.1, -0.05) is 30.4 Å². The smallest absolute Gasteiger partial charge is 0.305 e. The molecule has 1 aliphatic heterocycles. The van der Waals surface area contributed by atoms with E-state index in [1.54, 1.807) is 24.3 Å². The number of anilines is 1. The van der Waals surface area contributed by atoms with E-state index in [2.05, 4.69) is 17.5 Å². The lowest BCUT2D eigenvalue weighted by Crippen LogP contribution is -2.25. The van der Waals surface area contributed by atoms with Crippen LogP contribution in [-0.4, -0.2) is 44.5 Å². The highest BCUT2D eigenvalue weighted by molar-refractivity contribution is 5.94.